The molecule has 1 N–H and O–H groups in total. The third-order valence-electron chi connectivity index (χ3n) is 3.96. The van der Waals surface area contributed by atoms with Gasteiger partial charge in [0.05, 0.1) is 0 Å². The molecule has 1 saturated heterocycles. The molecule has 3 atom stereocenters. The highest BCUT2D eigenvalue weighted by Crippen LogP contribution is 2.30. The van der Waals surface area contributed by atoms with Gasteiger partial charge in [0.25, 0.3) is 0 Å². The minimum atomic E-state index is 0.496. The van der Waals surface area contributed by atoms with Crippen molar-refractivity contribution in [2.75, 3.05) is 26.2 Å². The molecule has 0 radical (unpaired) electrons. The van der Waals surface area contributed by atoms with Gasteiger partial charge in [-0.2, -0.15) is 11.8 Å². The van der Waals surface area contributed by atoms with Gasteiger partial charge >= 0.3 is 0 Å². The summed E-state index contributed by atoms with van der Waals surface area (Å²) in [6, 6.07) is 11.5. The number of hydrogen-bond donors (Lipinski definition) is 1. The molecule has 0 saturated carbocycles. The van der Waals surface area contributed by atoms with Crippen LogP contribution in [0.5, 0.6) is 0 Å². The molecule has 0 aliphatic carbocycles. The number of nitrogens with one attached hydrogen (secondary N) is 1. The van der Waals surface area contributed by atoms with Crippen molar-refractivity contribution in [1.29, 1.82) is 0 Å². The molecule has 2 rings (SSSR count). The zero-order chi connectivity index (χ0) is 15.2. The molecule has 3 heteroatoms. The van der Waals surface area contributed by atoms with Crippen molar-refractivity contribution in [1.82, 2.24) is 10.2 Å². The lowest BCUT2D eigenvalue weighted by Gasteiger charge is -2.40. The highest BCUT2D eigenvalue weighted by Gasteiger charge is 2.28. The standard InChI is InChI=1S/C18H30N2S/c1-14(2)10-19-11-18(17-8-6-5-7-9-17)20-12-15(3)21-16(4)13-20/h5-9,14-16,18-19H,10-13H2,1-4H3. The zero-order valence-corrected chi connectivity index (χ0v) is 14.7. The molecule has 1 aromatic carbocycles. The van der Waals surface area contributed by atoms with Crippen LogP contribution in [-0.2, 0) is 0 Å². The second-order valence-electron chi connectivity index (χ2n) is 6.69. The normalized spacial score (nSPS) is 25.2. The Morgan fingerprint density at radius 1 is 1.10 bits per heavy atom. The molecule has 1 fully saturated rings. The van der Waals surface area contributed by atoms with Crippen LogP contribution < -0.4 is 5.32 Å². The predicted octanol–water partition coefficient (Wildman–Crippen LogP) is 3.80. The van der Waals surface area contributed by atoms with Gasteiger partial charge in [-0.1, -0.05) is 58.0 Å². The minimum Gasteiger partial charge on any atom is -0.315 e. The molecule has 1 aliphatic heterocycles. The maximum Gasteiger partial charge on any atom is 0.0473 e. The van der Waals surface area contributed by atoms with E-state index in [-0.39, 0.29) is 0 Å². The molecule has 1 aliphatic rings. The number of thioether (sulfide) groups is 1. The van der Waals surface area contributed by atoms with Gasteiger partial charge in [0.15, 0.2) is 0 Å². The summed E-state index contributed by atoms with van der Waals surface area (Å²) in [7, 11) is 0. The van der Waals surface area contributed by atoms with E-state index < -0.39 is 0 Å². The fourth-order valence-electron chi connectivity index (χ4n) is 3.11. The number of rotatable bonds is 6. The molecule has 3 unspecified atom stereocenters. The molecule has 2 nitrogen and oxygen atoms in total. The van der Waals surface area contributed by atoms with E-state index in [4.69, 9.17) is 0 Å². The van der Waals surface area contributed by atoms with Gasteiger partial charge < -0.3 is 5.32 Å². The molecule has 0 amide bonds. The minimum absolute atomic E-state index is 0.496. The molecule has 1 aromatic rings. The summed E-state index contributed by atoms with van der Waals surface area (Å²) in [5, 5.41) is 5.12. The summed E-state index contributed by atoms with van der Waals surface area (Å²) in [6.07, 6.45) is 0. The van der Waals surface area contributed by atoms with Crippen molar-refractivity contribution in [2.45, 2.75) is 44.2 Å². The smallest absolute Gasteiger partial charge is 0.0473 e. The molecular weight excluding hydrogens is 276 g/mol. The maximum atomic E-state index is 3.66. The van der Waals surface area contributed by atoms with Gasteiger partial charge in [0.1, 0.15) is 0 Å². The Labute approximate surface area is 134 Å². The van der Waals surface area contributed by atoms with E-state index in [0.29, 0.717) is 12.0 Å². The van der Waals surface area contributed by atoms with Crippen LogP contribution in [0.2, 0.25) is 0 Å². The van der Waals surface area contributed by atoms with Gasteiger partial charge in [-0.05, 0) is 18.0 Å². The predicted molar refractivity (Wildman–Crippen MR) is 95.0 cm³/mol. The van der Waals surface area contributed by atoms with Crippen molar-refractivity contribution >= 4 is 11.8 Å². The van der Waals surface area contributed by atoms with Crippen LogP contribution in [0.25, 0.3) is 0 Å². The molecule has 118 valence electrons. The van der Waals surface area contributed by atoms with Crippen LogP contribution in [0.15, 0.2) is 30.3 Å². The summed E-state index contributed by atoms with van der Waals surface area (Å²) in [5.74, 6) is 0.705. The summed E-state index contributed by atoms with van der Waals surface area (Å²) < 4.78 is 0. The Morgan fingerprint density at radius 2 is 1.71 bits per heavy atom. The first-order valence-electron chi connectivity index (χ1n) is 8.21. The van der Waals surface area contributed by atoms with E-state index >= 15 is 0 Å². The third kappa shape index (κ3) is 5.32. The van der Waals surface area contributed by atoms with Gasteiger partial charge in [0.2, 0.25) is 0 Å². The highest BCUT2D eigenvalue weighted by molar-refractivity contribution is 8.00. The second-order valence-corrected chi connectivity index (χ2v) is 8.57. The maximum absolute atomic E-state index is 3.66. The molecule has 0 aromatic heterocycles. The van der Waals surface area contributed by atoms with E-state index in [1.54, 1.807) is 0 Å². The van der Waals surface area contributed by atoms with Crippen LogP contribution in [0.4, 0.5) is 0 Å². The fourth-order valence-corrected chi connectivity index (χ4v) is 4.46. The second kappa shape index (κ2) is 8.21. The van der Waals surface area contributed by atoms with Crippen LogP contribution in [0, 0.1) is 5.92 Å². The lowest BCUT2D eigenvalue weighted by molar-refractivity contribution is 0.189. The SMILES string of the molecule is CC(C)CNCC(c1ccccc1)N1CC(C)SC(C)C1. The average molecular weight is 307 g/mol. The lowest BCUT2D eigenvalue weighted by Crippen LogP contribution is -2.45. The Hall–Kier alpha value is -0.510. The summed E-state index contributed by atoms with van der Waals surface area (Å²) >= 11 is 2.12. The van der Waals surface area contributed by atoms with Crippen LogP contribution >= 0.6 is 11.8 Å². The first-order chi connectivity index (χ1) is 10.1. The Morgan fingerprint density at radius 3 is 2.29 bits per heavy atom. The van der Waals surface area contributed by atoms with Crippen LogP contribution in [0.3, 0.4) is 0 Å². The molecule has 0 spiro atoms. The number of hydrogen-bond acceptors (Lipinski definition) is 3. The average Bonchev–Trinajstić information content (AvgIpc) is 2.43. The monoisotopic (exact) mass is 306 g/mol. The van der Waals surface area contributed by atoms with E-state index in [0.717, 1.165) is 23.6 Å². The highest BCUT2D eigenvalue weighted by atomic mass is 32.2. The van der Waals surface area contributed by atoms with Gasteiger partial charge in [-0.15, -0.1) is 0 Å². The van der Waals surface area contributed by atoms with Crippen molar-refractivity contribution in [2.24, 2.45) is 5.92 Å². The number of benzene rings is 1. The molecule has 0 bridgehead atoms. The van der Waals surface area contributed by atoms with E-state index in [1.165, 1.54) is 18.7 Å². The van der Waals surface area contributed by atoms with Gasteiger partial charge in [-0.25, -0.2) is 0 Å². The third-order valence-corrected chi connectivity index (χ3v) is 5.19. The molecular formula is C18H30N2S. The number of nitrogens with zero attached hydrogens (tertiary/aromatic N) is 1. The largest absolute Gasteiger partial charge is 0.315 e. The van der Waals surface area contributed by atoms with E-state index in [2.05, 4.69) is 80.0 Å². The van der Waals surface area contributed by atoms with E-state index in [1.807, 2.05) is 0 Å². The molecule has 1 heterocycles. The van der Waals surface area contributed by atoms with Crippen molar-refractivity contribution in [3.63, 3.8) is 0 Å². The van der Waals surface area contributed by atoms with Crippen LogP contribution in [-0.4, -0.2) is 41.6 Å². The van der Waals surface area contributed by atoms with Gasteiger partial charge in [-0.3, -0.25) is 4.90 Å². The topological polar surface area (TPSA) is 15.3 Å². The lowest BCUT2D eigenvalue weighted by atomic mass is 10.0. The first kappa shape index (κ1) is 16.9. The fraction of sp³-hybridized carbons (Fsp3) is 0.667. The first-order valence-corrected chi connectivity index (χ1v) is 9.15. The van der Waals surface area contributed by atoms with Crippen molar-refractivity contribution in [3.8, 4) is 0 Å². The van der Waals surface area contributed by atoms with Crippen molar-refractivity contribution in [3.05, 3.63) is 35.9 Å². The Bertz CT molecular complexity index is 397. The van der Waals surface area contributed by atoms with Gasteiger partial charge in [0, 0.05) is 36.2 Å². The Kier molecular flexibility index (Phi) is 6.59. The summed E-state index contributed by atoms with van der Waals surface area (Å²) in [5.41, 5.74) is 1.44. The van der Waals surface area contributed by atoms with Crippen molar-refractivity contribution < 1.29 is 0 Å². The Balaban J connectivity index is 2.07. The van der Waals surface area contributed by atoms with E-state index in [9.17, 15) is 0 Å². The summed E-state index contributed by atoms with van der Waals surface area (Å²) in [4.78, 5) is 2.68. The quantitative estimate of drug-likeness (QED) is 0.860. The van der Waals surface area contributed by atoms with Crippen LogP contribution in [0.1, 0.15) is 39.3 Å². The zero-order valence-electron chi connectivity index (χ0n) is 13.9. The molecule has 21 heavy (non-hydrogen) atoms. The summed E-state index contributed by atoms with van der Waals surface area (Å²) in [6.45, 7) is 13.8.